The average molecular weight is 467 g/mol. The molecule has 2 aliphatic heterocycles. The van der Waals surface area contributed by atoms with Crippen LogP contribution in [0.4, 0.5) is 5.69 Å². The Morgan fingerprint density at radius 3 is 2.10 bits per heavy atom. The minimum atomic E-state index is -0.951. The molecule has 8 heteroatoms. The van der Waals surface area contributed by atoms with E-state index in [1.165, 1.54) is 10.3 Å². The summed E-state index contributed by atoms with van der Waals surface area (Å²) >= 11 is 5.59. The first kappa shape index (κ1) is 20.2. The quantitative estimate of drug-likeness (QED) is 0.285. The number of carbonyl (C=O) groups excluding carboxylic acids is 3. The van der Waals surface area contributed by atoms with E-state index in [9.17, 15) is 14.4 Å². The Balaban J connectivity index is 1.61. The minimum absolute atomic E-state index is 0.304. The summed E-state index contributed by atoms with van der Waals surface area (Å²) in [5.74, 6) is -1.17. The van der Waals surface area contributed by atoms with Gasteiger partial charge >= 0.3 is 0 Å². The van der Waals surface area contributed by atoms with Crippen molar-refractivity contribution in [1.82, 2.24) is 4.90 Å². The van der Waals surface area contributed by atoms with Crippen molar-refractivity contribution in [2.75, 3.05) is 4.90 Å². The number of anilines is 1. The second kappa shape index (κ2) is 6.91. The zero-order chi connectivity index (χ0) is 22.1. The highest BCUT2D eigenvalue weighted by molar-refractivity contribution is 7.80. The number of rotatable bonds is 2. The SMILES string of the molecule is C[C@H](C(=O)N1c2ccccc2-c2c(ssc2=S)C1(C)C)N1C(=O)c2ccccc2C1=O. The molecule has 1 atom stereocenters. The molecule has 1 aromatic heterocycles. The lowest BCUT2D eigenvalue weighted by Crippen LogP contribution is -2.56. The normalized spacial score (nSPS) is 17.3. The number of hydrogen-bond donors (Lipinski definition) is 0. The molecular weight excluding hydrogens is 448 g/mol. The van der Waals surface area contributed by atoms with Gasteiger partial charge in [-0.15, -0.1) is 0 Å². The highest BCUT2D eigenvalue weighted by Crippen LogP contribution is 2.52. The summed E-state index contributed by atoms with van der Waals surface area (Å²) in [6.45, 7) is 5.58. The minimum Gasteiger partial charge on any atom is -0.299 e. The van der Waals surface area contributed by atoms with Crippen molar-refractivity contribution in [3.8, 4) is 11.1 Å². The van der Waals surface area contributed by atoms with Crippen molar-refractivity contribution in [2.45, 2.75) is 32.4 Å². The van der Waals surface area contributed by atoms with Crippen LogP contribution in [-0.2, 0) is 10.3 Å². The van der Waals surface area contributed by atoms with Crippen LogP contribution >= 0.6 is 32.9 Å². The molecule has 0 aliphatic carbocycles. The molecule has 2 aromatic carbocycles. The summed E-state index contributed by atoms with van der Waals surface area (Å²) in [5, 5.41) is 0. The largest absolute Gasteiger partial charge is 0.299 e. The first-order valence-electron chi connectivity index (χ1n) is 9.79. The van der Waals surface area contributed by atoms with Crippen LogP contribution in [0.2, 0.25) is 0 Å². The Kier molecular flexibility index (Phi) is 4.51. The molecular formula is C23H18N2O3S3. The Morgan fingerprint density at radius 1 is 0.935 bits per heavy atom. The van der Waals surface area contributed by atoms with Gasteiger partial charge in [-0.3, -0.25) is 24.2 Å². The number of imide groups is 1. The van der Waals surface area contributed by atoms with Crippen LogP contribution in [0.15, 0.2) is 48.5 Å². The first-order valence-corrected chi connectivity index (χ1v) is 12.3. The molecule has 3 aromatic rings. The molecule has 0 spiro atoms. The third kappa shape index (κ3) is 2.71. The molecule has 3 amide bonds. The smallest absolute Gasteiger partial charge is 0.262 e. The van der Waals surface area contributed by atoms with Gasteiger partial charge in [0.25, 0.3) is 17.7 Å². The van der Waals surface area contributed by atoms with Crippen molar-refractivity contribution in [3.05, 3.63) is 68.4 Å². The predicted octanol–water partition coefficient (Wildman–Crippen LogP) is 5.47. The number of para-hydroxylation sites is 1. The maximum atomic E-state index is 13.9. The van der Waals surface area contributed by atoms with E-state index < -0.39 is 23.4 Å². The summed E-state index contributed by atoms with van der Waals surface area (Å²) in [6.07, 6.45) is 0. The van der Waals surface area contributed by atoms with Crippen molar-refractivity contribution in [3.63, 3.8) is 0 Å². The molecule has 0 saturated carbocycles. The van der Waals surface area contributed by atoms with Gasteiger partial charge < -0.3 is 0 Å². The number of carbonyl (C=O) groups is 3. The summed E-state index contributed by atoms with van der Waals surface area (Å²) in [4.78, 5) is 43.6. The van der Waals surface area contributed by atoms with Gasteiger partial charge in [-0.05, 0) is 39.0 Å². The molecule has 2 aliphatic rings. The van der Waals surface area contributed by atoms with E-state index >= 15 is 0 Å². The molecule has 5 nitrogen and oxygen atoms in total. The molecule has 0 bridgehead atoms. The van der Waals surface area contributed by atoms with Crippen LogP contribution in [0.3, 0.4) is 0 Å². The van der Waals surface area contributed by atoms with E-state index in [1.807, 2.05) is 38.1 Å². The van der Waals surface area contributed by atoms with Gasteiger partial charge in [0, 0.05) is 11.1 Å². The molecule has 3 heterocycles. The highest BCUT2D eigenvalue weighted by atomic mass is 32.9. The number of fused-ring (bicyclic) bond motifs is 4. The highest BCUT2D eigenvalue weighted by Gasteiger charge is 2.48. The summed E-state index contributed by atoms with van der Waals surface area (Å²) in [7, 11) is 3.10. The number of benzene rings is 2. The maximum absolute atomic E-state index is 13.9. The second-order valence-electron chi connectivity index (χ2n) is 8.11. The molecule has 0 N–H and O–H groups in total. The molecule has 5 rings (SSSR count). The van der Waals surface area contributed by atoms with Crippen molar-refractivity contribution in [1.29, 1.82) is 0 Å². The van der Waals surface area contributed by atoms with Crippen LogP contribution in [0, 0.1) is 3.82 Å². The van der Waals surface area contributed by atoms with E-state index in [1.54, 1.807) is 46.4 Å². The maximum Gasteiger partial charge on any atom is 0.262 e. The Morgan fingerprint density at radius 2 is 1.48 bits per heavy atom. The molecule has 0 unspecified atom stereocenters. The standard InChI is InChI=1S/C23H18N2O3S3/c1-12(24-20(27)13-8-4-5-9-14(13)21(24)28)19(26)25-16-11-7-6-10-15(16)17-18(23(25,2)3)30-31-22(17)29/h4-12H,1-3H3/t12-/m1/s1. The van der Waals surface area contributed by atoms with E-state index in [4.69, 9.17) is 12.2 Å². The predicted molar refractivity (Wildman–Crippen MR) is 125 cm³/mol. The number of amides is 3. The monoisotopic (exact) mass is 466 g/mol. The van der Waals surface area contributed by atoms with E-state index in [2.05, 4.69) is 0 Å². The van der Waals surface area contributed by atoms with E-state index in [-0.39, 0.29) is 5.91 Å². The van der Waals surface area contributed by atoms with Gasteiger partial charge in [0.05, 0.1) is 27.2 Å². The van der Waals surface area contributed by atoms with Crippen molar-refractivity contribution in [2.24, 2.45) is 0 Å². The number of nitrogens with zero attached hydrogens (tertiary/aromatic N) is 2. The molecule has 0 fully saturated rings. The molecule has 0 saturated heterocycles. The van der Waals surface area contributed by atoms with E-state index in [0.717, 1.165) is 30.4 Å². The summed E-state index contributed by atoms with van der Waals surface area (Å²) in [6, 6.07) is 13.4. The average Bonchev–Trinajstić information content (AvgIpc) is 3.26. The fourth-order valence-corrected chi connectivity index (χ4v) is 7.71. The summed E-state index contributed by atoms with van der Waals surface area (Å²) < 4.78 is 0.807. The lowest BCUT2D eigenvalue weighted by Gasteiger charge is -2.44. The lowest BCUT2D eigenvalue weighted by atomic mass is 9.87. The number of hydrogen-bond acceptors (Lipinski definition) is 6. The third-order valence-electron chi connectivity index (χ3n) is 5.95. The van der Waals surface area contributed by atoms with Crippen LogP contribution in [0.5, 0.6) is 0 Å². The first-order chi connectivity index (χ1) is 14.7. The third-order valence-corrected chi connectivity index (χ3v) is 9.28. The topological polar surface area (TPSA) is 57.7 Å². The van der Waals surface area contributed by atoms with Gasteiger partial charge in [-0.2, -0.15) is 0 Å². The van der Waals surface area contributed by atoms with Crippen molar-refractivity contribution < 1.29 is 14.4 Å². The van der Waals surface area contributed by atoms with Gasteiger partial charge in [0.2, 0.25) is 0 Å². The van der Waals surface area contributed by atoms with Crippen LogP contribution in [0.1, 0.15) is 46.4 Å². The second-order valence-corrected chi connectivity index (χ2v) is 10.9. The Hall–Kier alpha value is -2.68. The molecule has 156 valence electrons. The van der Waals surface area contributed by atoms with E-state index in [0.29, 0.717) is 11.1 Å². The van der Waals surface area contributed by atoms with Crippen molar-refractivity contribution >= 4 is 56.3 Å². The fourth-order valence-electron chi connectivity index (χ4n) is 4.43. The summed E-state index contributed by atoms with van der Waals surface area (Å²) in [5.41, 5.74) is 2.65. The zero-order valence-corrected chi connectivity index (χ0v) is 19.5. The molecule has 0 radical (unpaired) electrons. The van der Waals surface area contributed by atoms with Crippen LogP contribution in [-0.4, -0.2) is 28.7 Å². The zero-order valence-electron chi connectivity index (χ0n) is 17.0. The molecule has 31 heavy (non-hydrogen) atoms. The van der Waals surface area contributed by atoms with Gasteiger partial charge in [0.15, 0.2) is 0 Å². The fraction of sp³-hybridized carbons (Fsp3) is 0.217. The Labute approximate surface area is 191 Å². The van der Waals surface area contributed by atoms with Gasteiger partial charge in [-0.25, -0.2) is 0 Å². The Bertz CT molecular complexity index is 1300. The van der Waals surface area contributed by atoms with Gasteiger partial charge in [0.1, 0.15) is 9.87 Å². The van der Waals surface area contributed by atoms with Gasteiger partial charge in [-0.1, -0.05) is 63.2 Å². The van der Waals surface area contributed by atoms with Crippen LogP contribution in [0.25, 0.3) is 11.1 Å². The lowest BCUT2D eigenvalue weighted by molar-refractivity contribution is -0.123. The van der Waals surface area contributed by atoms with Crippen LogP contribution < -0.4 is 4.90 Å².